The van der Waals surface area contributed by atoms with Gasteiger partial charge in [-0.3, -0.25) is 4.79 Å². The number of esters is 1. The van der Waals surface area contributed by atoms with Gasteiger partial charge in [-0.1, -0.05) is 12.1 Å². The average Bonchev–Trinajstić information content (AvgIpc) is 2.93. The Morgan fingerprint density at radius 3 is 2.46 bits per heavy atom. The third kappa shape index (κ3) is 4.37. The molecule has 0 amide bonds. The number of hydrogen-bond donors (Lipinski definition) is 0. The monoisotopic (exact) mass is 407 g/mol. The predicted molar refractivity (Wildman–Crippen MR) is 100 cm³/mol. The first-order chi connectivity index (χ1) is 13.4. The van der Waals surface area contributed by atoms with Crippen LogP contribution in [0.1, 0.15) is 6.42 Å². The van der Waals surface area contributed by atoms with Crippen molar-refractivity contribution in [2.75, 3.05) is 33.9 Å². The van der Waals surface area contributed by atoms with Crippen LogP contribution in [0, 0.1) is 0 Å². The van der Waals surface area contributed by atoms with Gasteiger partial charge in [0.05, 0.1) is 25.2 Å². The molecule has 0 aliphatic carbocycles. The van der Waals surface area contributed by atoms with E-state index in [1.54, 1.807) is 30.3 Å². The first kappa shape index (κ1) is 20.0. The van der Waals surface area contributed by atoms with Crippen LogP contribution in [-0.4, -0.2) is 52.6 Å². The van der Waals surface area contributed by atoms with Crippen molar-refractivity contribution in [2.45, 2.75) is 11.3 Å². The quantitative estimate of drug-likeness (QED) is 0.535. The molecule has 0 aromatic heterocycles. The lowest BCUT2D eigenvalue weighted by atomic mass is 10.3. The Morgan fingerprint density at radius 2 is 1.75 bits per heavy atom. The molecule has 1 aliphatic heterocycles. The molecule has 0 unspecified atom stereocenters. The minimum atomic E-state index is -3.92. The molecule has 2 aromatic rings. The van der Waals surface area contributed by atoms with Crippen molar-refractivity contribution in [3.8, 4) is 23.0 Å². The second kappa shape index (κ2) is 8.49. The van der Waals surface area contributed by atoms with Gasteiger partial charge in [0.25, 0.3) is 0 Å². The molecular weight excluding hydrogens is 386 g/mol. The molecule has 0 atom stereocenters. The van der Waals surface area contributed by atoms with Crippen LogP contribution in [0.25, 0.3) is 0 Å². The van der Waals surface area contributed by atoms with Crippen LogP contribution in [0.3, 0.4) is 0 Å². The van der Waals surface area contributed by atoms with Crippen LogP contribution >= 0.6 is 0 Å². The van der Waals surface area contributed by atoms with Gasteiger partial charge < -0.3 is 18.9 Å². The highest BCUT2D eigenvalue weighted by Crippen LogP contribution is 2.32. The highest BCUT2D eigenvalue weighted by molar-refractivity contribution is 7.89. The maximum atomic E-state index is 12.8. The predicted octanol–water partition coefficient (Wildman–Crippen LogP) is 2.08. The van der Waals surface area contributed by atoms with Gasteiger partial charge in [-0.05, 0) is 24.3 Å². The molecule has 1 heterocycles. The summed E-state index contributed by atoms with van der Waals surface area (Å²) in [5.74, 6) is 0.726. The van der Waals surface area contributed by atoms with Gasteiger partial charge in [0.1, 0.15) is 6.54 Å². The molecule has 0 spiro atoms. The van der Waals surface area contributed by atoms with E-state index in [0.717, 1.165) is 4.31 Å². The number of nitrogens with zero attached hydrogens (tertiary/aromatic N) is 1. The molecule has 0 radical (unpaired) electrons. The van der Waals surface area contributed by atoms with Gasteiger partial charge in [0.15, 0.2) is 23.0 Å². The fourth-order valence-corrected chi connectivity index (χ4v) is 3.74. The molecule has 0 fully saturated rings. The third-order valence-electron chi connectivity index (χ3n) is 4.07. The van der Waals surface area contributed by atoms with E-state index < -0.39 is 22.5 Å². The van der Waals surface area contributed by atoms with E-state index in [2.05, 4.69) is 0 Å². The fourth-order valence-electron chi connectivity index (χ4n) is 2.61. The standard InChI is InChI=1S/C19H21NO7S/c1-20(13-19(21)27-17-7-4-3-6-15(17)24-2)28(22,23)14-8-9-16-18(12-14)26-11-5-10-25-16/h3-4,6-9,12H,5,10-11,13H2,1-2H3. The molecule has 0 saturated carbocycles. The van der Waals surface area contributed by atoms with Crippen molar-refractivity contribution < 1.29 is 32.2 Å². The number of likely N-dealkylation sites (N-methyl/N-ethyl adjacent to an activating group) is 1. The maximum Gasteiger partial charge on any atom is 0.326 e. The van der Waals surface area contributed by atoms with Gasteiger partial charge in [-0.25, -0.2) is 8.42 Å². The van der Waals surface area contributed by atoms with Gasteiger partial charge >= 0.3 is 5.97 Å². The number of sulfonamides is 1. The van der Waals surface area contributed by atoms with Gasteiger partial charge in [0.2, 0.25) is 10.0 Å². The van der Waals surface area contributed by atoms with Crippen LogP contribution in [0.4, 0.5) is 0 Å². The van der Waals surface area contributed by atoms with Crippen LogP contribution in [0.15, 0.2) is 47.4 Å². The van der Waals surface area contributed by atoms with E-state index in [4.69, 9.17) is 18.9 Å². The highest BCUT2D eigenvalue weighted by atomic mass is 32.2. The summed E-state index contributed by atoms with van der Waals surface area (Å²) in [6.07, 6.45) is 0.714. The van der Waals surface area contributed by atoms with E-state index >= 15 is 0 Å². The lowest BCUT2D eigenvalue weighted by Gasteiger charge is -2.18. The topological polar surface area (TPSA) is 91.4 Å². The highest BCUT2D eigenvalue weighted by Gasteiger charge is 2.26. The first-order valence-corrected chi connectivity index (χ1v) is 10.1. The van der Waals surface area contributed by atoms with Crippen molar-refractivity contribution in [1.29, 1.82) is 0 Å². The molecule has 0 bridgehead atoms. The van der Waals surface area contributed by atoms with Crippen molar-refractivity contribution in [3.05, 3.63) is 42.5 Å². The zero-order valence-corrected chi connectivity index (χ0v) is 16.4. The summed E-state index contributed by atoms with van der Waals surface area (Å²) in [5.41, 5.74) is 0. The largest absolute Gasteiger partial charge is 0.493 e. The van der Waals surface area contributed by atoms with E-state index in [1.165, 1.54) is 26.3 Å². The summed E-state index contributed by atoms with van der Waals surface area (Å²) in [4.78, 5) is 12.2. The number of carbonyl (C=O) groups excluding carboxylic acids is 1. The van der Waals surface area contributed by atoms with Crippen molar-refractivity contribution in [2.24, 2.45) is 0 Å². The maximum absolute atomic E-state index is 12.8. The third-order valence-corrected chi connectivity index (χ3v) is 5.87. The molecule has 1 aliphatic rings. The van der Waals surface area contributed by atoms with Crippen LogP contribution in [-0.2, 0) is 14.8 Å². The Hall–Kier alpha value is -2.78. The Labute approximate surface area is 163 Å². The zero-order chi connectivity index (χ0) is 20.1. The smallest absolute Gasteiger partial charge is 0.326 e. The van der Waals surface area contributed by atoms with Gasteiger partial charge in [0, 0.05) is 19.5 Å². The minimum absolute atomic E-state index is 0.00402. The lowest BCUT2D eigenvalue weighted by Crippen LogP contribution is -2.34. The molecular formula is C19H21NO7S. The van der Waals surface area contributed by atoms with Crippen molar-refractivity contribution in [1.82, 2.24) is 4.31 Å². The first-order valence-electron chi connectivity index (χ1n) is 8.61. The van der Waals surface area contributed by atoms with Crippen LogP contribution in [0.5, 0.6) is 23.0 Å². The zero-order valence-electron chi connectivity index (χ0n) is 15.6. The number of hydrogen-bond acceptors (Lipinski definition) is 7. The Morgan fingerprint density at radius 1 is 1.07 bits per heavy atom. The Balaban J connectivity index is 1.73. The Kier molecular flexibility index (Phi) is 6.05. The summed E-state index contributed by atoms with van der Waals surface area (Å²) >= 11 is 0. The van der Waals surface area contributed by atoms with Crippen LogP contribution < -0.4 is 18.9 Å². The molecule has 150 valence electrons. The number of para-hydroxylation sites is 2. The molecule has 2 aromatic carbocycles. The molecule has 8 nitrogen and oxygen atoms in total. The van der Waals surface area contributed by atoms with E-state index in [9.17, 15) is 13.2 Å². The molecule has 0 saturated heterocycles. The van der Waals surface area contributed by atoms with E-state index in [1.807, 2.05) is 0 Å². The normalized spacial score (nSPS) is 13.7. The molecule has 9 heteroatoms. The van der Waals surface area contributed by atoms with E-state index in [-0.39, 0.29) is 10.6 Å². The van der Waals surface area contributed by atoms with E-state index in [0.29, 0.717) is 36.9 Å². The number of benzene rings is 2. The number of carbonyl (C=O) groups is 1. The van der Waals surface area contributed by atoms with Crippen LogP contribution in [0.2, 0.25) is 0 Å². The second-order valence-electron chi connectivity index (χ2n) is 6.05. The summed E-state index contributed by atoms with van der Waals surface area (Å²) < 4.78 is 47.9. The number of ether oxygens (including phenoxy) is 4. The molecule has 3 rings (SSSR count). The average molecular weight is 407 g/mol. The number of fused-ring (bicyclic) bond motifs is 1. The SMILES string of the molecule is COc1ccccc1OC(=O)CN(C)S(=O)(=O)c1ccc2c(c1)OCCCO2. The summed E-state index contributed by atoms with van der Waals surface area (Å²) in [5, 5.41) is 0. The number of rotatable bonds is 6. The number of methoxy groups -OCH3 is 1. The minimum Gasteiger partial charge on any atom is -0.493 e. The summed E-state index contributed by atoms with van der Waals surface area (Å²) in [6.45, 7) is 0.486. The lowest BCUT2D eigenvalue weighted by molar-refractivity contribution is -0.134. The molecule has 0 N–H and O–H groups in total. The van der Waals surface area contributed by atoms with Gasteiger partial charge in [-0.15, -0.1) is 0 Å². The fraction of sp³-hybridized carbons (Fsp3) is 0.316. The second-order valence-corrected chi connectivity index (χ2v) is 8.09. The Bertz CT molecular complexity index is 959. The van der Waals surface area contributed by atoms with Crippen molar-refractivity contribution >= 4 is 16.0 Å². The summed E-state index contributed by atoms with van der Waals surface area (Å²) in [6, 6.07) is 11.0. The summed E-state index contributed by atoms with van der Waals surface area (Å²) in [7, 11) is -1.16. The van der Waals surface area contributed by atoms with Gasteiger partial charge in [-0.2, -0.15) is 4.31 Å². The molecule has 28 heavy (non-hydrogen) atoms. The van der Waals surface area contributed by atoms with Crippen molar-refractivity contribution in [3.63, 3.8) is 0 Å².